The highest BCUT2D eigenvalue weighted by Crippen LogP contribution is 2.34. The van der Waals surface area contributed by atoms with E-state index >= 15 is 0 Å². The van der Waals surface area contributed by atoms with E-state index < -0.39 is 11.7 Å². The minimum atomic E-state index is -1.11. The number of Topliss-reactive ketones (excluding diaryl/α,β-unsaturated/α-hetero) is 1. The summed E-state index contributed by atoms with van der Waals surface area (Å²) < 4.78 is 0. The summed E-state index contributed by atoms with van der Waals surface area (Å²) in [6, 6.07) is 11.2. The molecule has 0 fully saturated rings. The molecular formula is C15H7Cl4NO. The SMILES string of the molecule is N#CC(C(=O)c1ccc(Cl)c(Cl)c1)c1c(Cl)cccc1Cl. The van der Waals surface area contributed by atoms with E-state index in [0.717, 1.165) is 0 Å². The fourth-order valence-electron chi connectivity index (χ4n) is 1.86. The number of nitrogens with zero attached hydrogens (tertiary/aromatic N) is 1. The largest absolute Gasteiger partial charge is 0.292 e. The van der Waals surface area contributed by atoms with Crippen LogP contribution >= 0.6 is 46.4 Å². The molecule has 0 aliphatic carbocycles. The predicted molar refractivity (Wildman–Crippen MR) is 85.6 cm³/mol. The summed E-state index contributed by atoms with van der Waals surface area (Å²) in [5, 5.41) is 10.4. The van der Waals surface area contributed by atoms with E-state index in [1.807, 2.05) is 6.07 Å². The van der Waals surface area contributed by atoms with Crippen LogP contribution in [0.3, 0.4) is 0 Å². The minimum absolute atomic E-state index is 0.240. The normalized spacial score (nSPS) is 11.8. The number of halogens is 4. The molecule has 0 N–H and O–H groups in total. The summed E-state index contributed by atoms with van der Waals surface area (Å²) in [4.78, 5) is 12.5. The van der Waals surface area contributed by atoms with Gasteiger partial charge in [0.2, 0.25) is 0 Å². The van der Waals surface area contributed by atoms with Crippen LogP contribution in [-0.2, 0) is 0 Å². The van der Waals surface area contributed by atoms with E-state index in [2.05, 4.69) is 0 Å². The highest BCUT2D eigenvalue weighted by molar-refractivity contribution is 6.42. The van der Waals surface area contributed by atoms with Gasteiger partial charge in [-0.05, 0) is 30.3 Å². The van der Waals surface area contributed by atoms with Gasteiger partial charge in [0.05, 0.1) is 16.1 Å². The Bertz CT molecular complexity index is 732. The number of hydrogen-bond donors (Lipinski definition) is 0. The maximum absolute atomic E-state index is 12.5. The molecular weight excluding hydrogens is 352 g/mol. The van der Waals surface area contributed by atoms with E-state index in [1.165, 1.54) is 18.2 Å². The topological polar surface area (TPSA) is 40.9 Å². The highest BCUT2D eigenvalue weighted by atomic mass is 35.5. The van der Waals surface area contributed by atoms with E-state index in [9.17, 15) is 10.1 Å². The summed E-state index contributed by atoms with van der Waals surface area (Å²) in [7, 11) is 0. The molecule has 2 aromatic carbocycles. The smallest absolute Gasteiger partial charge is 0.184 e. The summed E-state index contributed by atoms with van der Waals surface area (Å²) >= 11 is 23.8. The van der Waals surface area contributed by atoms with Crippen molar-refractivity contribution in [2.45, 2.75) is 5.92 Å². The molecule has 2 rings (SSSR count). The molecule has 2 nitrogen and oxygen atoms in total. The van der Waals surface area contributed by atoms with E-state index in [4.69, 9.17) is 46.4 Å². The Morgan fingerprint density at radius 2 is 1.57 bits per heavy atom. The fraction of sp³-hybridized carbons (Fsp3) is 0.0667. The third-order valence-corrected chi connectivity index (χ3v) is 4.28. The number of nitriles is 1. The molecule has 0 heterocycles. The van der Waals surface area contributed by atoms with Crippen molar-refractivity contribution in [1.82, 2.24) is 0 Å². The summed E-state index contributed by atoms with van der Waals surface area (Å²) in [6.45, 7) is 0. The molecule has 0 radical (unpaired) electrons. The van der Waals surface area contributed by atoms with Crippen LogP contribution in [0.1, 0.15) is 21.8 Å². The van der Waals surface area contributed by atoms with Crippen molar-refractivity contribution in [3.05, 3.63) is 67.6 Å². The first-order chi connectivity index (χ1) is 9.95. The highest BCUT2D eigenvalue weighted by Gasteiger charge is 2.26. The second-order valence-electron chi connectivity index (χ2n) is 4.19. The first-order valence-corrected chi connectivity index (χ1v) is 7.29. The van der Waals surface area contributed by atoms with Gasteiger partial charge in [-0.15, -0.1) is 0 Å². The molecule has 0 aromatic heterocycles. The van der Waals surface area contributed by atoms with Crippen molar-refractivity contribution in [1.29, 1.82) is 5.26 Å². The van der Waals surface area contributed by atoms with Gasteiger partial charge in [0.15, 0.2) is 5.78 Å². The number of ketones is 1. The summed E-state index contributed by atoms with van der Waals surface area (Å²) in [6.07, 6.45) is 0. The molecule has 0 spiro atoms. The van der Waals surface area contributed by atoms with Gasteiger partial charge in [0, 0.05) is 21.2 Å². The molecule has 6 heteroatoms. The Hall–Kier alpha value is -1.24. The van der Waals surface area contributed by atoms with Crippen molar-refractivity contribution in [2.75, 3.05) is 0 Å². The fourth-order valence-corrected chi connectivity index (χ4v) is 2.77. The average Bonchev–Trinajstić information content (AvgIpc) is 2.45. The molecule has 2 aromatic rings. The van der Waals surface area contributed by atoms with Gasteiger partial charge in [0.1, 0.15) is 5.92 Å². The second-order valence-corrected chi connectivity index (χ2v) is 5.82. The summed E-state index contributed by atoms with van der Waals surface area (Å²) in [5.41, 5.74) is 0.561. The third-order valence-electron chi connectivity index (χ3n) is 2.88. The van der Waals surface area contributed by atoms with Gasteiger partial charge < -0.3 is 0 Å². The summed E-state index contributed by atoms with van der Waals surface area (Å²) in [5.74, 6) is -1.55. The van der Waals surface area contributed by atoms with Gasteiger partial charge >= 0.3 is 0 Å². The van der Waals surface area contributed by atoms with Gasteiger partial charge in [-0.25, -0.2) is 0 Å². The van der Waals surface area contributed by atoms with Crippen LogP contribution in [0.2, 0.25) is 20.1 Å². The van der Waals surface area contributed by atoms with E-state index in [1.54, 1.807) is 18.2 Å². The lowest BCUT2D eigenvalue weighted by atomic mass is 9.92. The lowest BCUT2D eigenvalue weighted by molar-refractivity contribution is 0.0979. The number of carbonyl (C=O) groups excluding carboxylic acids is 1. The van der Waals surface area contributed by atoms with Crippen LogP contribution in [0.25, 0.3) is 0 Å². The molecule has 0 saturated heterocycles. The monoisotopic (exact) mass is 357 g/mol. The number of rotatable bonds is 3. The molecule has 0 bridgehead atoms. The molecule has 0 aliphatic heterocycles. The van der Waals surface area contributed by atoms with Crippen molar-refractivity contribution >= 4 is 52.2 Å². The lowest BCUT2D eigenvalue weighted by Gasteiger charge is -2.12. The van der Waals surface area contributed by atoms with E-state index in [-0.39, 0.29) is 20.6 Å². The van der Waals surface area contributed by atoms with Gasteiger partial charge in [-0.2, -0.15) is 5.26 Å². The first-order valence-electron chi connectivity index (χ1n) is 5.78. The molecule has 1 atom stereocenters. The Morgan fingerprint density at radius 1 is 0.952 bits per heavy atom. The molecule has 0 saturated carbocycles. The molecule has 106 valence electrons. The van der Waals surface area contributed by atoms with Crippen molar-refractivity contribution in [3.63, 3.8) is 0 Å². The lowest BCUT2D eigenvalue weighted by Crippen LogP contribution is -2.12. The molecule has 0 aliphatic rings. The average molecular weight is 359 g/mol. The Labute approximate surface area is 141 Å². The third kappa shape index (κ3) is 3.33. The Kier molecular flexibility index (Phi) is 5.13. The predicted octanol–water partition coefficient (Wildman–Crippen LogP) is 5.79. The van der Waals surface area contributed by atoms with Crippen molar-refractivity contribution in [3.8, 4) is 6.07 Å². The maximum Gasteiger partial charge on any atom is 0.184 e. The molecule has 0 amide bonds. The first kappa shape index (κ1) is 16.1. The van der Waals surface area contributed by atoms with Crippen molar-refractivity contribution in [2.24, 2.45) is 0 Å². The molecule has 1 unspecified atom stereocenters. The number of carbonyl (C=O) groups is 1. The zero-order chi connectivity index (χ0) is 15.6. The van der Waals surface area contributed by atoms with Crippen LogP contribution in [0.5, 0.6) is 0 Å². The van der Waals surface area contributed by atoms with Crippen LogP contribution in [0.4, 0.5) is 0 Å². The van der Waals surface area contributed by atoms with Crippen LogP contribution < -0.4 is 0 Å². The van der Waals surface area contributed by atoms with Crippen LogP contribution in [-0.4, -0.2) is 5.78 Å². The zero-order valence-corrected chi connectivity index (χ0v) is 13.4. The Balaban J connectivity index is 2.49. The van der Waals surface area contributed by atoms with Gasteiger partial charge in [-0.3, -0.25) is 4.79 Å². The molecule has 21 heavy (non-hydrogen) atoms. The van der Waals surface area contributed by atoms with Gasteiger partial charge in [-0.1, -0.05) is 52.5 Å². The van der Waals surface area contributed by atoms with E-state index in [0.29, 0.717) is 10.6 Å². The Morgan fingerprint density at radius 3 is 2.10 bits per heavy atom. The van der Waals surface area contributed by atoms with Crippen LogP contribution in [0.15, 0.2) is 36.4 Å². The second kappa shape index (κ2) is 6.68. The maximum atomic E-state index is 12.5. The quantitative estimate of drug-likeness (QED) is 0.651. The van der Waals surface area contributed by atoms with Gasteiger partial charge in [0.25, 0.3) is 0 Å². The standard InChI is InChI=1S/C15H7Cl4NO/c16-10-5-4-8(6-13(10)19)15(21)9(7-20)14-11(17)2-1-3-12(14)18/h1-6,9H. The van der Waals surface area contributed by atoms with Crippen LogP contribution in [0, 0.1) is 11.3 Å². The number of hydrogen-bond acceptors (Lipinski definition) is 2. The van der Waals surface area contributed by atoms with Crippen molar-refractivity contribution < 1.29 is 4.79 Å². The number of benzene rings is 2. The minimum Gasteiger partial charge on any atom is -0.292 e. The zero-order valence-electron chi connectivity index (χ0n) is 10.4.